The number of carbonyl (C=O) groups is 2. The maximum atomic E-state index is 12.6. The van der Waals surface area contributed by atoms with Crippen molar-refractivity contribution in [3.8, 4) is 17.2 Å². The minimum absolute atomic E-state index is 0.215. The number of nitrogens with one attached hydrogen (secondary N) is 2. The second kappa shape index (κ2) is 9.87. The molecule has 0 saturated carbocycles. The Hall–Kier alpha value is -4.00. The SMILES string of the molecule is CC(Oc1cccc(C(=O)NCc2ccccc2)c1)C(=O)Nc1ccc2c(c1)OCCO2. The minimum atomic E-state index is -0.772. The van der Waals surface area contributed by atoms with Gasteiger partial charge in [0.05, 0.1) is 0 Å². The third-order valence-electron chi connectivity index (χ3n) is 4.88. The zero-order valence-corrected chi connectivity index (χ0v) is 17.7. The highest BCUT2D eigenvalue weighted by atomic mass is 16.6. The van der Waals surface area contributed by atoms with Gasteiger partial charge in [-0.3, -0.25) is 9.59 Å². The van der Waals surface area contributed by atoms with Crippen LogP contribution in [0.15, 0.2) is 72.8 Å². The first kappa shape index (κ1) is 21.2. The lowest BCUT2D eigenvalue weighted by molar-refractivity contribution is -0.122. The van der Waals surface area contributed by atoms with E-state index in [0.717, 1.165) is 5.56 Å². The molecule has 32 heavy (non-hydrogen) atoms. The average Bonchev–Trinajstić information content (AvgIpc) is 2.83. The van der Waals surface area contributed by atoms with Crippen LogP contribution in [0.2, 0.25) is 0 Å². The fourth-order valence-electron chi connectivity index (χ4n) is 3.21. The fraction of sp³-hybridized carbons (Fsp3) is 0.200. The van der Waals surface area contributed by atoms with Crippen molar-refractivity contribution < 1.29 is 23.8 Å². The van der Waals surface area contributed by atoms with Crippen LogP contribution in [0.4, 0.5) is 5.69 Å². The van der Waals surface area contributed by atoms with Gasteiger partial charge in [-0.25, -0.2) is 0 Å². The normalized spacial score (nSPS) is 13.0. The van der Waals surface area contributed by atoms with Crippen molar-refractivity contribution in [1.29, 1.82) is 0 Å². The largest absolute Gasteiger partial charge is 0.486 e. The topological polar surface area (TPSA) is 85.9 Å². The van der Waals surface area contributed by atoms with Crippen molar-refractivity contribution in [2.75, 3.05) is 18.5 Å². The number of fused-ring (bicyclic) bond motifs is 1. The van der Waals surface area contributed by atoms with E-state index in [1.165, 1.54) is 0 Å². The van der Waals surface area contributed by atoms with Crippen LogP contribution < -0.4 is 24.8 Å². The third-order valence-corrected chi connectivity index (χ3v) is 4.88. The molecule has 3 aromatic rings. The van der Waals surface area contributed by atoms with Gasteiger partial charge in [-0.2, -0.15) is 0 Å². The summed E-state index contributed by atoms with van der Waals surface area (Å²) in [5, 5.41) is 5.69. The standard InChI is InChI=1S/C25H24N2O5/c1-17(24(28)27-20-10-11-22-23(15-20)31-13-12-30-22)32-21-9-5-8-19(14-21)25(29)26-16-18-6-3-2-4-7-18/h2-11,14-15,17H,12-13,16H2,1H3,(H,26,29)(H,27,28). The van der Waals surface area contributed by atoms with E-state index >= 15 is 0 Å². The predicted molar refractivity (Wildman–Crippen MR) is 120 cm³/mol. The Balaban J connectivity index is 1.34. The van der Waals surface area contributed by atoms with Gasteiger partial charge in [0.2, 0.25) is 0 Å². The van der Waals surface area contributed by atoms with E-state index < -0.39 is 6.10 Å². The Morgan fingerprint density at radius 1 is 0.938 bits per heavy atom. The molecule has 0 fully saturated rings. The van der Waals surface area contributed by atoms with E-state index in [1.807, 2.05) is 30.3 Å². The quantitative estimate of drug-likeness (QED) is 0.593. The summed E-state index contributed by atoms with van der Waals surface area (Å²) in [5.41, 5.74) is 2.05. The molecule has 1 aliphatic heterocycles. The number of amides is 2. The number of anilines is 1. The summed E-state index contributed by atoms with van der Waals surface area (Å²) in [6.45, 7) is 3.06. The monoisotopic (exact) mass is 432 g/mol. The molecule has 1 heterocycles. The predicted octanol–water partition coefficient (Wildman–Crippen LogP) is 3.79. The van der Waals surface area contributed by atoms with Gasteiger partial charge in [-0.1, -0.05) is 36.4 Å². The summed E-state index contributed by atoms with van der Waals surface area (Å²) in [5.74, 6) is 1.15. The number of rotatable bonds is 7. The summed E-state index contributed by atoms with van der Waals surface area (Å²) in [6.07, 6.45) is -0.772. The summed E-state index contributed by atoms with van der Waals surface area (Å²) < 4.78 is 16.8. The van der Waals surface area contributed by atoms with Crippen molar-refractivity contribution in [2.24, 2.45) is 0 Å². The summed E-state index contributed by atoms with van der Waals surface area (Å²) in [7, 11) is 0. The Morgan fingerprint density at radius 2 is 1.72 bits per heavy atom. The molecule has 4 rings (SSSR count). The van der Waals surface area contributed by atoms with Crippen LogP contribution in [0, 0.1) is 0 Å². The lowest BCUT2D eigenvalue weighted by Crippen LogP contribution is -2.30. The molecule has 0 saturated heterocycles. The van der Waals surface area contributed by atoms with E-state index in [-0.39, 0.29) is 11.8 Å². The van der Waals surface area contributed by atoms with E-state index in [2.05, 4.69) is 10.6 Å². The number of carbonyl (C=O) groups excluding carboxylic acids is 2. The Morgan fingerprint density at radius 3 is 2.53 bits per heavy atom. The molecule has 164 valence electrons. The number of benzene rings is 3. The minimum Gasteiger partial charge on any atom is -0.486 e. The lowest BCUT2D eigenvalue weighted by atomic mass is 10.2. The van der Waals surface area contributed by atoms with Crippen molar-refractivity contribution in [2.45, 2.75) is 19.6 Å². The van der Waals surface area contributed by atoms with Crippen molar-refractivity contribution >= 4 is 17.5 Å². The molecule has 2 amide bonds. The first-order valence-corrected chi connectivity index (χ1v) is 10.4. The van der Waals surface area contributed by atoms with E-state index in [1.54, 1.807) is 49.4 Å². The van der Waals surface area contributed by atoms with Gasteiger partial charge in [-0.05, 0) is 42.8 Å². The summed E-state index contributed by atoms with van der Waals surface area (Å²) in [4.78, 5) is 25.1. The van der Waals surface area contributed by atoms with E-state index in [4.69, 9.17) is 14.2 Å². The molecule has 2 N–H and O–H groups in total. The molecule has 7 nitrogen and oxygen atoms in total. The molecule has 0 bridgehead atoms. The van der Waals surface area contributed by atoms with Crippen LogP contribution in [0.25, 0.3) is 0 Å². The van der Waals surface area contributed by atoms with Crippen molar-refractivity contribution in [1.82, 2.24) is 5.32 Å². The summed E-state index contributed by atoms with van der Waals surface area (Å²) in [6, 6.07) is 21.6. The lowest BCUT2D eigenvalue weighted by Gasteiger charge is -2.20. The van der Waals surface area contributed by atoms with Crippen LogP contribution in [0.5, 0.6) is 17.2 Å². The number of ether oxygens (including phenoxy) is 3. The maximum absolute atomic E-state index is 12.6. The Kier molecular flexibility index (Phi) is 6.55. The van der Waals surface area contributed by atoms with Crippen LogP contribution >= 0.6 is 0 Å². The fourth-order valence-corrected chi connectivity index (χ4v) is 3.21. The second-order valence-electron chi connectivity index (χ2n) is 7.30. The van der Waals surface area contributed by atoms with Crippen LogP contribution in [-0.4, -0.2) is 31.1 Å². The molecule has 1 atom stereocenters. The molecule has 0 aliphatic carbocycles. The van der Waals surface area contributed by atoms with Crippen molar-refractivity contribution in [3.63, 3.8) is 0 Å². The van der Waals surface area contributed by atoms with Gasteiger partial charge in [0.1, 0.15) is 19.0 Å². The first-order chi connectivity index (χ1) is 15.6. The molecule has 0 aromatic heterocycles. The maximum Gasteiger partial charge on any atom is 0.265 e. The zero-order chi connectivity index (χ0) is 22.3. The molecule has 1 aliphatic rings. The number of hydrogen-bond donors (Lipinski definition) is 2. The van der Waals surface area contributed by atoms with Crippen LogP contribution in [0.1, 0.15) is 22.8 Å². The van der Waals surface area contributed by atoms with Crippen molar-refractivity contribution in [3.05, 3.63) is 83.9 Å². The van der Waals surface area contributed by atoms with E-state index in [9.17, 15) is 9.59 Å². The van der Waals surface area contributed by atoms with Crippen LogP contribution in [0.3, 0.4) is 0 Å². The molecule has 1 unspecified atom stereocenters. The first-order valence-electron chi connectivity index (χ1n) is 10.4. The molecule has 3 aromatic carbocycles. The van der Waals surface area contributed by atoms with Gasteiger partial charge >= 0.3 is 0 Å². The number of hydrogen-bond acceptors (Lipinski definition) is 5. The average molecular weight is 432 g/mol. The molecule has 0 radical (unpaired) electrons. The third kappa shape index (κ3) is 5.37. The Bertz CT molecular complexity index is 1100. The highest BCUT2D eigenvalue weighted by molar-refractivity contribution is 5.95. The highest BCUT2D eigenvalue weighted by Crippen LogP contribution is 2.32. The molecule has 0 spiro atoms. The van der Waals surface area contributed by atoms with Crippen LogP contribution in [-0.2, 0) is 11.3 Å². The highest BCUT2D eigenvalue weighted by Gasteiger charge is 2.18. The molecular formula is C25H24N2O5. The molecule has 7 heteroatoms. The van der Waals surface area contributed by atoms with Gasteiger partial charge in [-0.15, -0.1) is 0 Å². The molecular weight excluding hydrogens is 408 g/mol. The Labute approximate surface area is 186 Å². The van der Waals surface area contributed by atoms with Gasteiger partial charge in [0, 0.05) is 23.9 Å². The zero-order valence-electron chi connectivity index (χ0n) is 17.7. The summed E-state index contributed by atoms with van der Waals surface area (Å²) >= 11 is 0. The van der Waals surface area contributed by atoms with E-state index in [0.29, 0.717) is 48.3 Å². The van der Waals surface area contributed by atoms with Gasteiger partial charge in [0.15, 0.2) is 17.6 Å². The smallest absolute Gasteiger partial charge is 0.265 e. The second-order valence-corrected chi connectivity index (χ2v) is 7.30. The van der Waals surface area contributed by atoms with Gasteiger partial charge < -0.3 is 24.8 Å². The van der Waals surface area contributed by atoms with Gasteiger partial charge in [0.25, 0.3) is 11.8 Å².